The molecule has 0 radical (unpaired) electrons. The molecular formula is C15H18N2O2. The van der Waals surface area contributed by atoms with Gasteiger partial charge in [-0.15, -0.1) is 0 Å². The lowest BCUT2D eigenvalue weighted by Gasteiger charge is -2.20. The average molecular weight is 258 g/mol. The number of carboxylic acids is 1. The van der Waals surface area contributed by atoms with Crippen LogP contribution in [0, 0.1) is 0 Å². The quantitative estimate of drug-likeness (QED) is 0.895. The van der Waals surface area contributed by atoms with Gasteiger partial charge >= 0.3 is 5.97 Å². The highest BCUT2D eigenvalue weighted by molar-refractivity contribution is 6.06. The lowest BCUT2D eigenvalue weighted by molar-refractivity contribution is 0.0698. The van der Waals surface area contributed by atoms with E-state index in [2.05, 4.69) is 16.8 Å². The minimum Gasteiger partial charge on any atom is -0.478 e. The molecule has 0 bridgehead atoms. The van der Waals surface area contributed by atoms with Crippen LogP contribution in [0.2, 0.25) is 0 Å². The molecule has 1 heterocycles. The molecule has 0 saturated carbocycles. The number of hydrogen-bond acceptors (Lipinski definition) is 3. The first-order chi connectivity index (χ1) is 9.15. The molecule has 100 valence electrons. The fourth-order valence-corrected chi connectivity index (χ4v) is 2.15. The van der Waals surface area contributed by atoms with Crippen molar-refractivity contribution in [2.75, 3.05) is 18.5 Å². The van der Waals surface area contributed by atoms with Gasteiger partial charge in [0, 0.05) is 30.6 Å². The van der Waals surface area contributed by atoms with Crippen molar-refractivity contribution >= 4 is 22.6 Å². The largest absolute Gasteiger partial charge is 0.478 e. The van der Waals surface area contributed by atoms with Gasteiger partial charge in [0.05, 0.1) is 5.56 Å². The molecule has 1 aromatic heterocycles. The van der Waals surface area contributed by atoms with Crippen LogP contribution in [0.4, 0.5) is 5.82 Å². The molecule has 0 saturated heterocycles. The van der Waals surface area contributed by atoms with Gasteiger partial charge in [-0.1, -0.05) is 37.6 Å². The van der Waals surface area contributed by atoms with E-state index >= 15 is 0 Å². The Morgan fingerprint density at radius 2 is 2.00 bits per heavy atom. The van der Waals surface area contributed by atoms with Gasteiger partial charge in [-0.25, -0.2) is 9.78 Å². The predicted molar refractivity (Wildman–Crippen MR) is 76.9 cm³/mol. The van der Waals surface area contributed by atoms with E-state index in [9.17, 15) is 9.90 Å². The summed E-state index contributed by atoms with van der Waals surface area (Å²) in [6, 6.07) is 7.52. The fourth-order valence-electron chi connectivity index (χ4n) is 2.15. The van der Waals surface area contributed by atoms with E-state index in [0.29, 0.717) is 0 Å². The second-order valence-corrected chi connectivity index (χ2v) is 4.62. The van der Waals surface area contributed by atoms with Gasteiger partial charge in [0.15, 0.2) is 0 Å². The molecule has 1 aromatic carbocycles. The number of pyridine rings is 1. The van der Waals surface area contributed by atoms with E-state index in [0.717, 1.165) is 36.0 Å². The van der Waals surface area contributed by atoms with E-state index in [1.54, 1.807) is 0 Å². The van der Waals surface area contributed by atoms with Crippen molar-refractivity contribution in [2.45, 2.75) is 19.8 Å². The Morgan fingerprint density at radius 1 is 1.32 bits per heavy atom. The van der Waals surface area contributed by atoms with Gasteiger partial charge in [0.25, 0.3) is 0 Å². The summed E-state index contributed by atoms with van der Waals surface area (Å²) in [7, 11) is 1.99. The number of aromatic carboxylic acids is 1. The van der Waals surface area contributed by atoms with Crippen molar-refractivity contribution in [1.29, 1.82) is 0 Å². The number of carbonyl (C=O) groups is 1. The van der Waals surface area contributed by atoms with Crippen molar-refractivity contribution in [1.82, 2.24) is 4.98 Å². The maximum absolute atomic E-state index is 11.2. The highest BCUT2D eigenvalue weighted by atomic mass is 16.4. The van der Waals surface area contributed by atoms with Crippen LogP contribution < -0.4 is 4.90 Å². The summed E-state index contributed by atoms with van der Waals surface area (Å²) >= 11 is 0. The summed E-state index contributed by atoms with van der Waals surface area (Å²) in [4.78, 5) is 17.6. The molecule has 2 aromatic rings. The van der Waals surface area contributed by atoms with Crippen LogP contribution in [0.15, 0.2) is 30.5 Å². The third-order valence-corrected chi connectivity index (χ3v) is 3.21. The maximum Gasteiger partial charge on any atom is 0.337 e. The van der Waals surface area contributed by atoms with Crippen LogP contribution in [0.1, 0.15) is 30.1 Å². The van der Waals surface area contributed by atoms with Gasteiger partial charge in [-0.3, -0.25) is 0 Å². The molecule has 2 rings (SSSR count). The minimum absolute atomic E-state index is 0.253. The first kappa shape index (κ1) is 13.3. The number of nitrogens with zero attached hydrogens (tertiary/aromatic N) is 2. The summed E-state index contributed by atoms with van der Waals surface area (Å²) in [6.07, 6.45) is 3.66. The Morgan fingerprint density at radius 3 is 2.63 bits per heavy atom. The first-order valence-electron chi connectivity index (χ1n) is 6.47. The molecule has 0 fully saturated rings. The minimum atomic E-state index is -0.938. The normalized spacial score (nSPS) is 10.6. The van der Waals surface area contributed by atoms with E-state index in [1.807, 2.05) is 31.3 Å². The third kappa shape index (κ3) is 2.67. The third-order valence-electron chi connectivity index (χ3n) is 3.21. The molecule has 0 unspecified atom stereocenters. The predicted octanol–water partition coefficient (Wildman–Crippen LogP) is 3.17. The average Bonchev–Trinajstić information content (AvgIpc) is 2.43. The molecule has 19 heavy (non-hydrogen) atoms. The summed E-state index contributed by atoms with van der Waals surface area (Å²) in [5.41, 5.74) is 0.253. The van der Waals surface area contributed by atoms with Gasteiger partial charge < -0.3 is 10.0 Å². The number of carboxylic acid groups (broad SMARTS) is 1. The molecule has 0 aliphatic heterocycles. The maximum atomic E-state index is 11.2. The zero-order valence-electron chi connectivity index (χ0n) is 11.3. The monoisotopic (exact) mass is 258 g/mol. The lowest BCUT2D eigenvalue weighted by atomic mass is 10.1. The first-order valence-corrected chi connectivity index (χ1v) is 6.47. The van der Waals surface area contributed by atoms with Crippen LogP contribution >= 0.6 is 0 Å². The number of unbranched alkanes of at least 4 members (excludes halogenated alkanes) is 1. The molecule has 4 nitrogen and oxygen atoms in total. The summed E-state index contributed by atoms with van der Waals surface area (Å²) < 4.78 is 0. The summed E-state index contributed by atoms with van der Waals surface area (Å²) in [5.74, 6) is -0.0967. The molecule has 0 amide bonds. The molecule has 0 atom stereocenters. The number of aromatic nitrogens is 1. The van der Waals surface area contributed by atoms with Crippen LogP contribution in [0.25, 0.3) is 10.8 Å². The van der Waals surface area contributed by atoms with Crippen LogP contribution in [0.5, 0.6) is 0 Å². The van der Waals surface area contributed by atoms with Gasteiger partial charge in [-0.2, -0.15) is 0 Å². The summed E-state index contributed by atoms with van der Waals surface area (Å²) in [6.45, 7) is 3.06. The Kier molecular flexibility index (Phi) is 4.00. The highest BCUT2D eigenvalue weighted by Gasteiger charge is 2.14. The Hall–Kier alpha value is -2.10. The Labute approximate surface area is 112 Å². The zero-order chi connectivity index (χ0) is 13.8. The Bertz CT molecular complexity index is 596. The van der Waals surface area contributed by atoms with E-state index in [-0.39, 0.29) is 5.56 Å². The van der Waals surface area contributed by atoms with Gasteiger partial charge in [0.2, 0.25) is 0 Å². The molecule has 1 N–H and O–H groups in total. The van der Waals surface area contributed by atoms with Crippen molar-refractivity contribution in [3.05, 3.63) is 36.0 Å². The van der Waals surface area contributed by atoms with Gasteiger partial charge in [-0.05, 0) is 6.42 Å². The number of fused-ring (bicyclic) bond motifs is 1. The van der Waals surface area contributed by atoms with Crippen LogP contribution in [0.3, 0.4) is 0 Å². The van der Waals surface area contributed by atoms with Gasteiger partial charge in [0.1, 0.15) is 5.82 Å². The van der Waals surface area contributed by atoms with E-state index in [1.165, 1.54) is 6.20 Å². The second-order valence-electron chi connectivity index (χ2n) is 4.62. The topological polar surface area (TPSA) is 53.4 Å². The highest BCUT2D eigenvalue weighted by Crippen LogP contribution is 2.26. The molecule has 0 aliphatic rings. The number of rotatable bonds is 5. The van der Waals surface area contributed by atoms with Crippen molar-refractivity contribution < 1.29 is 9.90 Å². The van der Waals surface area contributed by atoms with Crippen molar-refractivity contribution in [2.24, 2.45) is 0 Å². The van der Waals surface area contributed by atoms with Crippen LogP contribution in [-0.4, -0.2) is 29.7 Å². The van der Waals surface area contributed by atoms with E-state index < -0.39 is 5.97 Å². The lowest BCUT2D eigenvalue weighted by Crippen LogP contribution is -2.20. The van der Waals surface area contributed by atoms with Crippen LogP contribution in [-0.2, 0) is 0 Å². The summed E-state index contributed by atoms with van der Waals surface area (Å²) in [5, 5.41) is 10.8. The standard InChI is InChI=1S/C15H18N2O2/c1-3-4-9-17(2)14-12-8-6-5-7-11(12)13(10-16-14)15(18)19/h5-8,10H,3-4,9H2,1-2H3,(H,18,19). The van der Waals surface area contributed by atoms with Crippen molar-refractivity contribution in [3.63, 3.8) is 0 Å². The van der Waals surface area contributed by atoms with E-state index in [4.69, 9.17) is 0 Å². The fraction of sp³-hybridized carbons (Fsp3) is 0.333. The zero-order valence-corrected chi connectivity index (χ0v) is 11.3. The van der Waals surface area contributed by atoms with Crippen molar-refractivity contribution in [3.8, 4) is 0 Å². The molecule has 0 aliphatic carbocycles. The SMILES string of the molecule is CCCCN(C)c1ncc(C(=O)O)c2ccccc12. The molecule has 4 heteroatoms. The smallest absolute Gasteiger partial charge is 0.337 e. The second kappa shape index (κ2) is 5.69. The number of hydrogen-bond donors (Lipinski definition) is 1. The Balaban J connectivity index is 2.52. The number of benzene rings is 1. The molecule has 0 spiro atoms. The number of anilines is 1. The molecular weight excluding hydrogens is 240 g/mol.